The average Bonchev–Trinajstić information content (AvgIpc) is 2.82. The molecule has 3 rings (SSSR count). The number of methoxy groups -OCH3 is 1. The zero-order valence-corrected chi connectivity index (χ0v) is 19.3. The third-order valence-corrected chi connectivity index (χ3v) is 6.41. The smallest absolute Gasteiger partial charge is 0.341 e. The number of hydrogen-bond donors (Lipinski definition) is 1. The Morgan fingerprint density at radius 3 is 2.69 bits per heavy atom. The number of aromatic hydroxyl groups is 1. The summed E-state index contributed by atoms with van der Waals surface area (Å²) in [4.78, 5) is 26.3. The number of hydrogen-bond acceptors (Lipinski definition) is 6. The van der Waals surface area contributed by atoms with Crippen molar-refractivity contribution in [3.05, 3.63) is 41.2 Å². The van der Waals surface area contributed by atoms with E-state index < -0.39 is 5.97 Å². The fourth-order valence-corrected chi connectivity index (χ4v) is 4.40. The molecule has 1 unspecified atom stereocenters. The number of carbonyl (C=O) groups is 2. The van der Waals surface area contributed by atoms with Gasteiger partial charge in [-0.3, -0.25) is 4.79 Å². The van der Waals surface area contributed by atoms with Crippen molar-refractivity contribution in [1.29, 1.82) is 0 Å². The largest absolute Gasteiger partial charge is 0.507 e. The first-order chi connectivity index (χ1) is 15.4. The lowest BCUT2D eigenvalue weighted by Crippen LogP contribution is -2.39. The van der Waals surface area contributed by atoms with E-state index >= 15 is 0 Å². The Morgan fingerprint density at radius 2 is 2.03 bits per heavy atom. The molecule has 0 bridgehead atoms. The molecule has 0 saturated carbocycles. The van der Waals surface area contributed by atoms with E-state index in [1.807, 2.05) is 24.2 Å². The number of phenols is 1. The number of likely N-dealkylation sites (tertiary alicyclic amines) is 1. The van der Waals surface area contributed by atoms with Crippen molar-refractivity contribution in [1.82, 2.24) is 4.90 Å². The van der Waals surface area contributed by atoms with Crippen LogP contribution in [0.5, 0.6) is 5.75 Å². The van der Waals surface area contributed by atoms with E-state index in [2.05, 4.69) is 11.7 Å². The molecule has 1 fully saturated rings. The van der Waals surface area contributed by atoms with Crippen LogP contribution in [0.1, 0.15) is 67.8 Å². The predicted octanol–water partition coefficient (Wildman–Crippen LogP) is 4.01. The molecule has 7 heteroatoms. The van der Waals surface area contributed by atoms with Crippen LogP contribution < -0.4 is 0 Å². The zero-order chi connectivity index (χ0) is 23.1. The first-order valence-corrected chi connectivity index (χ1v) is 11.5. The van der Waals surface area contributed by atoms with E-state index in [9.17, 15) is 14.7 Å². The quantitative estimate of drug-likeness (QED) is 0.609. The Balaban J connectivity index is 1.42. The van der Waals surface area contributed by atoms with Crippen molar-refractivity contribution in [2.24, 2.45) is 5.92 Å². The number of phenolic OH excluding ortho intramolecular Hbond substituents is 1. The van der Waals surface area contributed by atoms with Crippen LogP contribution in [0.15, 0.2) is 30.0 Å². The van der Waals surface area contributed by atoms with Crippen LogP contribution in [-0.2, 0) is 19.0 Å². The van der Waals surface area contributed by atoms with E-state index in [0.717, 1.165) is 31.2 Å². The average molecular weight is 446 g/mol. The van der Waals surface area contributed by atoms with Crippen molar-refractivity contribution >= 4 is 11.9 Å². The number of amides is 1. The molecular weight excluding hydrogens is 410 g/mol. The van der Waals surface area contributed by atoms with Crippen molar-refractivity contribution in [3.63, 3.8) is 0 Å². The maximum Gasteiger partial charge on any atom is 0.341 e. The standard InChI is InChI=1S/C25H35NO6/c1-4-18-12-19(15-31-14-18)16-32-17(2)11-24(28)26-9-7-20(8-10-26)21-5-6-22(23(27)13-21)25(29)30-3/h5-6,13-14,17,19-20,27H,4,7-12,15-16H2,1-3H3/t17?,19-/m0/s1. The lowest BCUT2D eigenvalue weighted by atomic mass is 9.88. The second-order valence-corrected chi connectivity index (χ2v) is 8.80. The van der Waals surface area contributed by atoms with Crippen LogP contribution in [0.25, 0.3) is 0 Å². The zero-order valence-electron chi connectivity index (χ0n) is 19.3. The van der Waals surface area contributed by atoms with Crippen molar-refractivity contribution < 1.29 is 28.9 Å². The number of allylic oxidation sites excluding steroid dienone is 1. The molecule has 2 heterocycles. The molecule has 0 spiro atoms. The molecular formula is C25H35NO6. The Bertz CT molecular complexity index is 828. The van der Waals surface area contributed by atoms with Gasteiger partial charge in [0.1, 0.15) is 11.3 Å². The van der Waals surface area contributed by atoms with Gasteiger partial charge in [0.25, 0.3) is 0 Å². The number of benzene rings is 1. The normalized spacial score (nSPS) is 20.3. The number of rotatable bonds is 8. The van der Waals surface area contributed by atoms with E-state index in [4.69, 9.17) is 9.47 Å². The molecule has 0 aromatic heterocycles. The summed E-state index contributed by atoms with van der Waals surface area (Å²) in [6, 6.07) is 5.10. The minimum Gasteiger partial charge on any atom is -0.507 e. The Kier molecular flexibility index (Phi) is 8.56. The number of ether oxygens (including phenoxy) is 3. The van der Waals surface area contributed by atoms with Crippen LogP contribution in [0, 0.1) is 5.92 Å². The van der Waals surface area contributed by atoms with E-state index in [0.29, 0.717) is 38.6 Å². The highest BCUT2D eigenvalue weighted by Crippen LogP contribution is 2.32. The second-order valence-electron chi connectivity index (χ2n) is 8.80. The van der Waals surface area contributed by atoms with Gasteiger partial charge in [-0.2, -0.15) is 0 Å². The lowest BCUT2D eigenvalue weighted by molar-refractivity contribution is -0.135. The summed E-state index contributed by atoms with van der Waals surface area (Å²) in [5.74, 6) is 0.101. The molecule has 32 heavy (non-hydrogen) atoms. The Hall–Kier alpha value is -2.54. The van der Waals surface area contributed by atoms with Crippen LogP contribution in [-0.4, -0.2) is 61.4 Å². The number of piperidine rings is 1. The van der Waals surface area contributed by atoms with Gasteiger partial charge in [0.15, 0.2) is 0 Å². The molecule has 1 saturated heterocycles. The molecule has 1 N–H and O–H groups in total. The van der Waals surface area contributed by atoms with Crippen LogP contribution in [0.2, 0.25) is 0 Å². The first-order valence-electron chi connectivity index (χ1n) is 11.5. The lowest BCUT2D eigenvalue weighted by Gasteiger charge is -2.33. The van der Waals surface area contributed by atoms with Crippen molar-refractivity contribution in [3.8, 4) is 5.75 Å². The fourth-order valence-electron chi connectivity index (χ4n) is 4.40. The maximum atomic E-state index is 12.7. The van der Waals surface area contributed by atoms with Crippen LogP contribution in [0.4, 0.5) is 0 Å². The summed E-state index contributed by atoms with van der Waals surface area (Å²) >= 11 is 0. The van der Waals surface area contributed by atoms with E-state index in [1.165, 1.54) is 12.7 Å². The summed E-state index contributed by atoms with van der Waals surface area (Å²) in [6.45, 7) is 6.72. The molecule has 0 aliphatic carbocycles. The highest BCUT2D eigenvalue weighted by molar-refractivity contribution is 5.92. The van der Waals surface area contributed by atoms with Crippen molar-refractivity contribution in [2.45, 2.75) is 58.0 Å². The van der Waals surface area contributed by atoms with Gasteiger partial charge in [0.05, 0.1) is 39.1 Å². The van der Waals surface area contributed by atoms with Gasteiger partial charge in [0.2, 0.25) is 5.91 Å². The third kappa shape index (κ3) is 6.25. The molecule has 176 valence electrons. The highest BCUT2D eigenvalue weighted by Gasteiger charge is 2.26. The van der Waals surface area contributed by atoms with Gasteiger partial charge in [-0.1, -0.05) is 13.0 Å². The van der Waals surface area contributed by atoms with Gasteiger partial charge < -0.3 is 24.2 Å². The molecule has 2 aliphatic heterocycles. The molecule has 1 amide bonds. The van der Waals surface area contributed by atoms with Gasteiger partial charge in [-0.25, -0.2) is 4.79 Å². The maximum absolute atomic E-state index is 12.7. The summed E-state index contributed by atoms with van der Waals surface area (Å²) in [5, 5.41) is 10.1. The number of nitrogens with zero attached hydrogens (tertiary/aromatic N) is 1. The van der Waals surface area contributed by atoms with E-state index in [1.54, 1.807) is 12.1 Å². The first kappa shape index (κ1) is 24.1. The van der Waals surface area contributed by atoms with Gasteiger partial charge in [-0.05, 0) is 61.8 Å². The SMILES string of the molecule is CCC1=COC[C@@H](COC(C)CC(=O)N2CCC(c3ccc(C(=O)OC)c(O)c3)CC2)C1. The number of carbonyl (C=O) groups excluding carboxylic acids is 2. The second kappa shape index (κ2) is 11.4. The van der Waals surface area contributed by atoms with Crippen molar-refractivity contribution in [2.75, 3.05) is 33.4 Å². The monoisotopic (exact) mass is 445 g/mol. The van der Waals surface area contributed by atoms with Crippen LogP contribution in [0.3, 0.4) is 0 Å². The minimum atomic E-state index is -0.552. The Labute approximate surface area is 190 Å². The molecule has 0 radical (unpaired) electrons. The fraction of sp³-hybridized carbons (Fsp3) is 0.600. The molecule has 7 nitrogen and oxygen atoms in total. The molecule has 2 aliphatic rings. The minimum absolute atomic E-state index is 0.0660. The summed E-state index contributed by atoms with van der Waals surface area (Å²) < 4.78 is 16.1. The molecule has 1 aromatic rings. The Morgan fingerprint density at radius 1 is 1.28 bits per heavy atom. The summed E-state index contributed by atoms with van der Waals surface area (Å²) in [6.07, 6.45) is 5.76. The van der Waals surface area contributed by atoms with Gasteiger partial charge >= 0.3 is 5.97 Å². The topological polar surface area (TPSA) is 85.3 Å². The van der Waals surface area contributed by atoms with E-state index in [-0.39, 0.29) is 29.2 Å². The predicted molar refractivity (Wildman–Crippen MR) is 120 cm³/mol. The highest BCUT2D eigenvalue weighted by atomic mass is 16.5. The van der Waals surface area contributed by atoms with Gasteiger partial charge in [-0.15, -0.1) is 0 Å². The molecule has 1 aromatic carbocycles. The third-order valence-electron chi connectivity index (χ3n) is 6.41. The summed E-state index contributed by atoms with van der Waals surface area (Å²) in [5.41, 5.74) is 2.46. The van der Waals surface area contributed by atoms with Gasteiger partial charge in [0, 0.05) is 19.0 Å². The summed E-state index contributed by atoms with van der Waals surface area (Å²) in [7, 11) is 1.29. The number of esters is 1. The molecule has 2 atom stereocenters. The van der Waals surface area contributed by atoms with Crippen LogP contribution >= 0.6 is 0 Å².